The van der Waals surface area contributed by atoms with Crippen molar-refractivity contribution in [2.24, 2.45) is 0 Å². The third-order valence-electron chi connectivity index (χ3n) is 1.95. The number of thiazole rings is 1. The maximum Gasteiger partial charge on any atom is 0.251 e. The van der Waals surface area contributed by atoms with Gasteiger partial charge < -0.3 is 10.3 Å². The monoisotopic (exact) mass is 235 g/mol. The minimum absolute atomic E-state index is 0.279. The Kier molecular flexibility index (Phi) is 3.11. The fraction of sp³-hybridized carbons (Fsp3) is 0.100. The largest absolute Gasteiger partial charge is 0.346 e. The van der Waals surface area contributed by atoms with E-state index in [9.17, 15) is 9.59 Å². The molecule has 0 aliphatic heterocycles. The fourth-order valence-corrected chi connectivity index (χ4v) is 1.74. The Hall–Kier alpha value is -1.95. The molecule has 0 aliphatic carbocycles. The lowest BCUT2D eigenvalue weighted by molar-refractivity contribution is 0.0950. The first-order valence-corrected chi connectivity index (χ1v) is 5.54. The zero-order valence-electron chi connectivity index (χ0n) is 8.27. The van der Waals surface area contributed by atoms with Crippen LogP contribution < -0.4 is 10.9 Å². The molecule has 16 heavy (non-hydrogen) atoms. The summed E-state index contributed by atoms with van der Waals surface area (Å²) in [6.45, 7) is 0.370. The highest BCUT2D eigenvalue weighted by Gasteiger charge is 2.05. The van der Waals surface area contributed by atoms with E-state index in [-0.39, 0.29) is 11.5 Å². The zero-order valence-corrected chi connectivity index (χ0v) is 9.08. The van der Waals surface area contributed by atoms with Crippen molar-refractivity contribution >= 4 is 17.2 Å². The smallest absolute Gasteiger partial charge is 0.251 e. The predicted molar refractivity (Wildman–Crippen MR) is 60.3 cm³/mol. The number of aromatic nitrogens is 2. The summed E-state index contributed by atoms with van der Waals surface area (Å²) in [6, 6.07) is 2.81. The molecule has 2 rings (SSSR count). The van der Waals surface area contributed by atoms with Crippen LogP contribution in [0.4, 0.5) is 0 Å². The van der Waals surface area contributed by atoms with Gasteiger partial charge in [-0.3, -0.25) is 9.59 Å². The minimum Gasteiger partial charge on any atom is -0.346 e. The first-order chi connectivity index (χ1) is 7.75. The number of hydrogen-bond acceptors (Lipinski definition) is 4. The van der Waals surface area contributed by atoms with E-state index in [1.54, 1.807) is 11.6 Å². The number of rotatable bonds is 3. The molecule has 2 aromatic heterocycles. The average Bonchev–Trinajstić information content (AvgIpc) is 2.78. The van der Waals surface area contributed by atoms with Gasteiger partial charge in [0.2, 0.25) is 5.56 Å². The van der Waals surface area contributed by atoms with Crippen molar-refractivity contribution in [2.45, 2.75) is 6.54 Å². The second-order valence-electron chi connectivity index (χ2n) is 3.10. The van der Waals surface area contributed by atoms with E-state index in [1.807, 2.05) is 5.38 Å². The van der Waals surface area contributed by atoms with E-state index < -0.39 is 0 Å². The van der Waals surface area contributed by atoms with Crippen LogP contribution in [0.15, 0.2) is 34.0 Å². The Balaban J connectivity index is 2.01. The zero-order chi connectivity index (χ0) is 11.4. The van der Waals surface area contributed by atoms with Gasteiger partial charge in [-0.2, -0.15) is 0 Å². The maximum absolute atomic E-state index is 11.6. The number of nitrogens with one attached hydrogen (secondary N) is 2. The third-order valence-corrected chi connectivity index (χ3v) is 2.59. The van der Waals surface area contributed by atoms with Crippen molar-refractivity contribution in [1.29, 1.82) is 0 Å². The summed E-state index contributed by atoms with van der Waals surface area (Å²) in [5.41, 5.74) is 2.57. The number of amides is 1. The second kappa shape index (κ2) is 4.71. The van der Waals surface area contributed by atoms with Crippen molar-refractivity contribution in [3.63, 3.8) is 0 Å². The first kappa shape index (κ1) is 10.6. The SMILES string of the molecule is O=C(NCc1cscn1)c1cc[nH]c(=O)c1. The molecule has 2 aromatic rings. The number of nitrogens with zero attached hydrogens (tertiary/aromatic N) is 1. The summed E-state index contributed by atoms with van der Waals surface area (Å²) in [6.07, 6.45) is 1.44. The molecular weight excluding hydrogens is 226 g/mol. The molecule has 5 nitrogen and oxygen atoms in total. The molecule has 0 spiro atoms. The number of carbonyl (C=O) groups is 1. The quantitative estimate of drug-likeness (QED) is 0.824. The van der Waals surface area contributed by atoms with E-state index >= 15 is 0 Å². The van der Waals surface area contributed by atoms with Gasteiger partial charge in [-0.25, -0.2) is 4.98 Å². The van der Waals surface area contributed by atoms with Gasteiger partial charge in [0, 0.05) is 23.2 Å². The summed E-state index contributed by atoms with van der Waals surface area (Å²) >= 11 is 1.47. The summed E-state index contributed by atoms with van der Waals surface area (Å²) < 4.78 is 0. The Morgan fingerprint density at radius 1 is 1.56 bits per heavy atom. The van der Waals surface area contributed by atoms with Crippen LogP contribution in [-0.2, 0) is 6.54 Å². The highest BCUT2D eigenvalue weighted by molar-refractivity contribution is 7.07. The molecule has 0 bridgehead atoms. The van der Waals surface area contributed by atoms with Gasteiger partial charge >= 0.3 is 0 Å². The molecule has 0 aromatic carbocycles. The van der Waals surface area contributed by atoms with Gasteiger partial charge in [-0.1, -0.05) is 0 Å². The Morgan fingerprint density at radius 2 is 2.44 bits per heavy atom. The molecule has 2 N–H and O–H groups in total. The van der Waals surface area contributed by atoms with E-state index in [2.05, 4.69) is 15.3 Å². The van der Waals surface area contributed by atoms with Gasteiger partial charge in [0.15, 0.2) is 0 Å². The molecule has 0 aliphatic rings. The maximum atomic E-state index is 11.6. The van der Waals surface area contributed by atoms with Crippen molar-refractivity contribution in [2.75, 3.05) is 0 Å². The van der Waals surface area contributed by atoms with Gasteiger partial charge in [0.1, 0.15) is 0 Å². The van der Waals surface area contributed by atoms with Crippen LogP contribution in [0.3, 0.4) is 0 Å². The predicted octanol–water partition coefficient (Wildman–Crippen LogP) is 0.761. The van der Waals surface area contributed by atoms with Crippen LogP contribution in [0.25, 0.3) is 0 Å². The van der Waals surface area contributed by atoms with Crippen LogP contribution in [0.5, 0.6) is 0 Å². The Morgan fingerprint density at radius 3 is 3.12 bits per heavy atom. The first-order valence-electron chi connectivity index (χ1n) is 4.60. The molecule has 0 fully saturated rings. The molecule has 0 unspecified atom stereocenters. The molecule has 0 saturated heterocycles. The summed E-state index contributed by atoms with van der Waals surface area (Å²) in [4.78, 5) is 29.1. The van der Waals surface area contributed by atoms with Crippen molar-refractivity contribution < 1.29 is 4.79 Å². The summed E-state index contributed by atoms with van der Waals surface area (Å²) in [7, 11) is 0. The molecule has 6 heteroatoms. The molecule has 0 atom stereocenters. The third kappa shape index (κ3) is 2.54. The second-order valence-corrected chi connectivity index (χ2v) is 3.82. The van der Waals surface area contributed by atoms with Crippen LogP contribution in [0.2, 0.25) is 0 Å². The lowest BCUT2D eigenvalue weighted by atomic mass is 10.2. The number of aromatic amines is 1. The van der Waals surface area contributed by atoms with Crippen molar-refractivity contribution in [1.82, 2.24) is 15.3 Å². The van der Waals surface area contributed by atoms with Crippen LogP contribution in [0, 0.1) is 0 Å². The fourth-order valence-electron chi connectivity index (χ4n) is 1.18. The topological polar surface area (TPSA) is 74.8 Å². The van der Waals surface area contributed by atoms with Crippen LogP contribution in [0.1, 0.15) is 16.1 Å². The standard InChI is InChI=1S/C10H9N3O2S/c14-9-3-7(1-2-11-9)10(15)12-4-8-5-16-6-13-8/h1-3,5-6H,4H2,(H,11,14)(H,12,15). The Bertz CT molecular complexity index is 533. The van der Waals surface area contributed by atoms with Gasteiger partial charge in [0.25, 0.3) is 5.91 Å². The highest BCUT2D eigenvalue weighted by Crippen LogP contribution is 2.00. The van der Waals surface area contributed by atoms with E-state index in [4.69, 9.17) is 0 Å². The number of H-pyrrole nitrogens is 1. The van der Waals surface area contributed by atoms with Gasteiger partial charge in [-0.15, -0.1) is 11.3 Å². The van der Waals surface area contributed by atoms with E-state index in [1.165, 1.54) is 23.6 Å². The number of carbonyl (C=O) groups excluding carboxylic acids is 1. The molecular formula is C10H9N3O2S. The molecule has 1 amide bonds. The number of pyridine rings is 1. The van der Waals surface area contributed by atoms with Crippen molar-refractivity contribution in [3.8, 4) is 0 Å². The van der Waals surface area contributed by atoms with Gasteiger partial charge in [-0.05, 0) is 6.07 Å². The molecule has 2 heterocycles. The molecule has 0 radical (unpaired) electrons. The number of hydrogen-bond donors (Lipinski definition) is 2. The minimum atomic E-state index is -0.290. The van der Waals surface area contributed by atoms with Gasteiger partial charge in [0.05, 0.1) is 17.7 Å². The molecule has 0 saturated carbocycles. The Labute approximate surface area is 95.2 Å². The van der Waals surface area contributed by atoms with Crippen molar-refractivity contribution in [3.05, 3.63) is 50.8 Å². The van der Waals surface area contributed by atoms with Crippen LogP contribution >= 0.6 is 11.3 Å². The summed E-state index contributed by atoms with van der Waals surface area (Å²) in [5.74, 6) is -0.279. The van der Waals surface area contributed by atoms with E-state index in [0.717, 1.165) is 5.69 Å². The summed E-state index contributed by atoms with van der Waals surface area (Å²) in [5, 5.41) is 4.54. The van der Waals surface area contributed by atoms with Crippen LogP contribution in [-0.4, -0.2) is 15.9 Å². The average molecular weight is 235 g/mol. The molecule has 82 valence electrons. The lowest BCUT2D eigenvalue weighted by Gasteiger charge is -2.02. The lowest BCUT2D eigenvalue weighted by Crippen LogP contribution is -2.24. The highest BCUT2D eigenvalue weighted by atomic mass is 32.1. The normalized spacial score (nSPS) is 10.0. The van der Waals surface area contributed by atoms with E-state index in [0.29, 0.717) is 12.1 Å².